The van der Waals surface area contributed by atoms with E-state index in [1.807, 2.05) is 25.1 Å². The zero-order chi connectivity index (χ0) is 46.2. The maximum atomic E-state index is 15.4. The number of nitrogens with one attached hydrogen (secondary N) is 3. The van der Waals surface area contributed by atoms with Crippen LogP contribution in [0.3, 0.4) is 0 Å². The normalized spacial score (nSPS) is 35.1. The molecule has 1 aromatic carbocycles. The zero-order valence-corrected chi connectivity index (χ0v) is 39.7. The Hall–Kier alpha value is -4.44. The van der Waals surface area contributed by atoms with Crippen LogP contribution in [0.25, 0.3) is 10.9 Å². The summed E-state index contributed by atoms with van der Waals surface area (Å²) in [4.78, 5) is 67.2. The van der Waals surface area contributed by atoms with Crippen LogP contribution in [0.2, 0.25) is 0 Å². The van der Waals surface area contributed by atoms with Crippen molar-refractivity contribution in [2.75, 3.05) is 13.6 Å². The fourth-order valence-corrected chi connectivity index (χ4v) is 13.4. The van der Waals surface area contributed by atoms with Crippen molar-refractivity contribution in [2.24, 2.45) is 17.3 Å². The molecule has 3 N–H and O–H groups in total. The molecule has 10 rings (SSSR count). The highest BCUT2D eigenvalue weighted by Crippen LogP contribution is 2.48. The number of rotatable bonds is 9. The van der Waals surface area contributed by atoms with Gasteiger partial charge in [0.05, 0.1) is 22.4 Å². The van der Waals surface area contributed by atoms with Crippen LogP contribution in [0.1, 0.15) is 135 Å². The molecule has 9 atom stereocenters. The van der Waals surface area contributed by atoms with Crippen molar-refractivity contribution in [1.82, 2.24) is 30.1 Å². The summed E-state index contributed by atoms with van der Waals surface area (Å²) < 4.78 is 47.9. The minimum atomic E-state index is -4.01. The van der Waals surface area contributed by atoms with Crippen molar-refractivity contribution in [3.05, 3.63) is 42.5 Å². The molecule has 2 aromatic rings. The highest BCUT2D eigenvalue weighted by Gasteiger charge is 2.63. The number of sulfonamides is 1. The minimum absolute atomic E-state index is 0.00417. The van der Waals surface area contributed by atoms with Gasteiger partial charge in [0, 0.05) is 29.8 Å². The van der Waals surface area contributed by atoms with E-state index in [9.17, 15) is 22.8 Å². The predicted octanol–water partition coefficient (Wildman–Crippen LogP) is 6.22. The summed E-state index contributed by atoms with van der Waals surface area (Å²) in [6, 6.07) is 6.80. The number of nitrogens with zero attached hydrogens (tertiary/aromatic N) is 3. The van der Waals surface area contributed by atoms with Crippen LogP contribution in [0.15, 0.2) is 36.9 Å². The number of hydrogen-bond donors (Lipinski definition) is 3. The summed E-state index contributed by atoms with van der Waals surface area (Å²) in [5.41, 5.74) is -0.581. The maximum Gasteiger partial charge on any atom is 0.408 e. The fraction of sp³-hybridized carbons (Fsp3) is 0.700. The van der Waals surface area contributed by atoms with Crippen LogP contribution < -0.4 is 24.8 Å². The lowest BCUT2D eigenvalue weighted by atomic mass is 9.70. The summed E-state index contributed by atoms with van der Waals surface area (Å²) >= 11 is 0. The first-order valence-corrected chi connectivity index (χ1v) is 26.3. The van der Waals surface area contributed by atoms with Crippen molar-refractivity contribution < 1.29 is 41.8 Å². The SMILES string of the molecule is C=CC1C[C@]1(NC(=O)[C@@H]1C[C@@H]2CN1C(=O)[C@H](C1(C)CCCCC1)NC(=O)O[C@@H]1C[C@H]1CCCCCc1c(nc3ccccc3c1OC1CC3CCC(C1)N3C)O2)C(=O)NS(=O)(=O)C1(C)CC1. The number of carbonyl (C=O) groups is 4. The van der Waals surface area contributed by atoms with Crippen molar-refractivity contribution >= 4 is 44.7 Å². The second-order valence-corrected chi connectivity index (χ2v) is 23.9. The Kier molecular flexibility index (Phi) is 11.9. The second kappa shape index (κ2) is 17.3. The van der Waals surface area contributed by atoms with Gasteiger partial charge in [0.2, 0.25) is 27.7 Å². The minimum Gasteiger partial charge on any atom is -0.489 e. The number of hydrogen-bond acceptors (Lipinski definition) is 11. The van der Waals surface area contributed by atoms with Gasteiger partial charge in [-0.05, 0) is 121 Å². The number of fused-ring (bicyclic) bond motifs is 7. The van der Waals surface area contributed by atoms with E-state index in [1.165, 1.54) is 17.7 Å². The Bertz CT molecular complexity index is 2370. The number of benzene rings is 1. The van der Waals surface area contributed by atoms with Crippen LogP contribution in [0.5, 0.6) is 11.6 Å². The van der Waals surface area contributed by atoms with Gasteiger partial charge in [-0.2, -0.15) is 0 Å². The topological polar surface area (TPSA) is 186 Å². The number of aromatic nitrogens is 1. The van der Waals surface area contributed by atoms with Gasteiger partial charge in [-0.25, -0.2) is 18.2 Å². The molecule has 4 aliphatic heterocycles. The van der Waals surface area contributed by atoms with Gasteiger partial charge in [-0.15, -0.1) is 6.58 Å². The molecule has 358 valence electrons. The molecule has 3 unspecified atom stereocenters. The molecular formula is C50H68N6O9S. The molecule has 0 spiro atoms. The lowest BCUT2D eigenvalue weighted by Gasteiger charge is -2.42. The molecular weight excluding hydrogens is 861 g/mol. The Balaban J connectivity index is 1.01. The van der Waals surface area contributed by atoms with Gasteiger partial charge in [0.1, 0.15) is 41.7 Å². The van der Waals surface area contributed by atoms with E-state index in [-0.39, 0.29) is 37.5 Å². The third-order valence-electron chi connectivity index (χ3n) is 17.1. The summed E-state index contributed by atoms with van der Waals surface area (Å²) in [5, 5.41) is 6.88. The van der Waals surface area contributed by atoms with Crippen LogP contribution in [-0.2, 0) is 35.6 Å². The van der Waals surface area contributed by atoms with Crippen molar-refractivity contribution in [3.63, 3.8) is 0 Å². The lowest BCUT2D eigenvalue weighted by molar-refractivity contribution is -0.143. The summed E-state index contributed by atoms with van der Waals surface area (Å²) in [7, 11) is -1.79. The molecule has 1 aromatic heterocycles. The van der Waals surface area contributed by atoms with E-state index in [0.717, 1.165) is 86.4 Å². The molecule has 66 heavy (non-hydrogen) atoms. The average molecular weight is 929 g/mol. The number of pyridine rings is 1. The fourth-order valence-electron chi connectivity index (χ4n) is 12.1. The van der Waals surface area contributed by atoms with E-state index in [0.29, 0.717) is 50.1 Å². The maximum absolute atomic E-state index is 15.4. The lowest BCUT2D eigenvalue weighted by Crippen LogP contribution is -2.61. The Morgan fingerprint density at radius 2 is 1.67 bits per heavy atom. The van der Waals surface area contributed by atoms with Crippen LogP contribution in [-0.4, -0.2) is 113 Å². The number of piperidine rings is 1. The number of ether oxygens (including phenoxy) is 3. The third kappa shape index (κ3) is 8.55. The molecule has 4 bridgehead atoms. The number of amides is 4. The van der Waals surface area contributed by atoms with Crippen LogP contribution in [0.4, 0.5) is 4.79 Å². The van der Waals surface area contributed by atoms with Gasteiger partial charge >= 0.3 is 6.09 Å². The number of carbonyl (C=O) groups excluding carboxylic acids is 4. The van der Waals surface area contributed by atoms with Gasteiger partial charge in [0.15, 0.2) is 0 Å². The summed E-state index contributed by atoms with van der Waals surface area (Å²) in [6.07, 6.45) is 14.7. The molecule has 4 amide bonds. The van der Waals surface area contributed by atoms with E-state index >= 15 is 4.79 Å². The summed E-state index contributed by atoms with van der Waals surface area (Å²) in [5.74, 6) is -0.920. The highest BCUT2D eigenvalue weighted by molar-refractivity contribution is 7.91. The molecule has 4 saturated carbocycles. The first-order valence-electron chi connectivity index (χ1n) is 24.9. The second-order valence-electron chi connectivity index (χ2n) is 21.7. The molecule has 15 nitrogen and oxygen atoms in total. The first-order chi connectivity index (χ1) is 31.6. The molecule has 0 radical (unpaired) electrons. The Morgan fingerprint density at radius 1 is 0.939 bits per heavy atom. The van der Waals surface area contributed by atoms with Gasteiger partial charge in [0.25, 0.3) is 5.91 Å². The highest BCUT2D eigenvalue weighted by atomic mass is 32.2. The van der Waals surface area contributed by atoms with Crippen molar-refractivity contribution in [3.8, 4) is 11.6 Å². The molecule has 3 saturated heterocycles. The smallest absolute Gasteiger partial charge is 0.408 e. The Morgan fingerprint density at radius 3 is 2.38 bits per heavy atom. The zero-order valence-electron chi connectivity index (χ0n) is 38.9. The van der Waals surface area contributed by atoms with E-state index < -0.39 is 73.6 Å². The average Bonchev–Trinajstić information content (AvgIpc) is 4.25. The predicted molar refractivity (Wildman–Crippen MR) is 247 cm³/mol. The molecule has 16 heteroatoms. The Labute approximate surface area is 388 Å². The third-order valence-corrected chi connectivity index (χ3v) is 19.2. The molecule has 7 fully saturated rings. The molecule has 8 aliphatic rings. The van der Waals surface area contributed by atoms with E-state index in [1.54, 1.807) is 13.0 Å². The monoisotopic (exact) mass is 928 g/mol. The summed E-state index contributed by atoms with van der Waals surface area (Å²) in [6.45, 7) is 7.51. The van der Waals surface area contributed by atoms with Gasteiger partial charge in [-0.3, -0.25) is 19.1 Å². The largest absolute Gasteiger partial charge is 0.489 e. The van der Waals surface area contributed by atoms with Crippen LogP contribution in [0, 0.1) is 17.3 Å². The quantitative estimate of drug-likeness (QED) is 0.243. The number of para-hydroxylation sites is 1. The molecule has 4 aliphatic carbocycles. The van der Waals surface area contributed by atoms with E-state index in [2.05, 4.69) is 39.9 Å². The molecule has 5 heterocycles. The van der Waals surface area contributed by atoms with Crippen molar-refractivity contribution in [2.45, 2.75) is 189 Å². The van der Waals surface area contributed by atoms with Crippen LogP contribution >= 0.6 is 0 Å². The van der Waals surface area contributed by atoms with Gasteiger partial charge < -0.3 is 34.6 Å². The first kappa shape index (κ1) is 45.3. The standard InChI is InChI=1S/C50H68N6O9S/c1-5-31-28-50(31,46(59)54-66(61,62)49(3)22-23-49)53-43(57)39-27-35-29-56(39)45(58)42(48(2)20-12-7-13-21-48)52-47(60)65-40-24-30(40)14-8-6-9-16-37-41(36-15-10-11-17-38(36)51-44(37)64-35)63-34-25-32-18-19-33(26-34)55(32)4/h5,10-11,15,17,30-35,39-40,42H,1,6-9,12-14,16,18-29H2,2-4H3,(H,52,60)(H,53,57)(H,54,59)/t30-,31?,32?,33?,34?,35-,39+,40-,42-,50-/m1/s1. The van der Waals surface area contributed by atoms with Crippen molar-refractivity contribution in [1.29, 1.82) is 0 Å². The van der Waals surface area contributed by atoms with E-state index in [4.69, 9.17) is 19.2 Å². The van der Waals surface area contributed by atoms with Gasteiger partial charge in [-0.1, -0.05) is 57.2 Å². The number of alkyl carbamates (subject to hydrolysis) is 1.